The fourth-order valence-corrected chi connectivity index (χ4v) is 5.13. The fraction of sp³-hybridized carbons (Fsp3) is 0.500. The summed E-state index contributed by atoms with van der Waals surface area (Å²) < 4.78 is 13.0. The molecule has 2 aliphatic rings. The molecule has 1 aromatic heterocycles. The lowest BCUT2D eigenvalue weighted by Crippen LogP contribution is -2.53. The minimum atomic E-state index is -0.588. The summed E-state index contributed by atoms with van der Waals surface area (Å²) in [4.78, 5) is 14.3. The van der Waals surface area contributed by atoms with E-state index in [4.69, 9.17) is 4.98 Å². The highest BCUT2D eigenvalue weighted by Gasteiger charge is 2.35. The van der Waals surface area contributed by atoms with Crippen LogP contribution in [-0.4, -0.2) is 52.7 Å². The van der Waals surface area contributed by atoms with E-state index in [1.807, 2.05) is 49.9 Å². The van der Waals surface area contributed by atoms with Gasteiger partial charge in [-0.15, -0.1) is 11.8 Å². The Morgan fingerprint density at radius 2 is 1.82 bits per heavy atom. The molecule has 8 heteroatoms. The third kappa shape index (κ3) is 3.51. The summed E-state index contributed by atoms with van der Waals surface area (Å²) in [7, 11) is 3.83. The molecule has 1 aliphatic carbocycles. The van der Waals surface area contributed by atoms with Gasteiger partial charge >= 0.3 is 0 Å². The van der Waals surface area contributed by atoms with Gasteiger partial charge in [0.2, 0.25) is 5.95 Å². The third-order valence-electron chi connectivity index (χ3n) is 5.71. The maximum absolute atomic E-state index is 13.0. The molecule has 1 aliphatic heterocycles. The van der Waals surface area contributed by atoms with Crippen LogP contribution in [0.15, 0.2) is 29.2 Å². The summed E-state index contributed by atoms with van der Waals surface area (Å²) in [6.45, 7) is 3.94. The van der Waals surface area contributed by atoms with E-state index in [0.29, 0.717) is 17.2 Å². The minimum absolute atomic E-state index is 0.0557. The quantitative estimate of drug-likeness (QED) is 0.812. The maximum atomic E-state index is 13.0. The molecule has 4 rings (SSSR count). The predicted octanol–water partition coefficient (Wildman–Crippen LogP) is 3.25. The second-order valence-electron chi connectivity index (χ2n) is 7.69. The Morgan fingerprint density at radius 3 is 2.50 bits per heavy atom. The molecule has 1 aromatic carbocycles. The monoisotopic (exact) mass is 403 g/mol. The van der Waals surface area contributed by atoms with Gasteiger partial charge in [-0.05, 0) is 51.0 Å². The third-order valence-corrected chi connectivity index (χ3v) is 6.97. The van der Waals surface area contributed by atoms with Crippen molar-refractivity contribution >= 4 is 29.2 Å². The minimum Gasteiger partial charge on any atom is -0.371 e. The molecule has 150 valence electrons. The average Bonchev–Trinajstić information content (AvgIpc) is 2.64. The summed E-state index contributed by atoms with van der Waals surface area (Å²) in [5.41, 5.74) is 1.72. The van der Waals surface area contributed by atoms with Crippen molar-refractivity contribution in [1.29, 1.82) is 0 Å². The molecule has 1 saturated carbocycles. The molecule has 2 heterocycles. The first-order valence-corrected chi connectivity index (χ1v) is 10.4. The smallest absolute Gasteiger partial charge is 0.225 e. The van der Waals surface area contributed by atoms with Crippen molar-refractivity contribution in [2.75, 3.05) is 29.2 Å². The zero-order valence-electron chi connectivity index (χ0n) is 16.6. The Morgan fingerprint density at radius 1 is 1.14 bits per heavy atom. The van der Waals surface area contributed by atoms with Crippen LogP contribution in [0.3, 0.4) is 0 Å². The summed E-state index contributed by atoms with van der Waals surface area (Å²) in [6.07, 6.45) is 1.45. The number of likely N-dealkylation sites (N-methyl/N-ethyl adjacent to an activating group) is 2. The van der Waals surface area contributed by atoms with Crippen molar-refractivity contribution in [3.05, 3.63) is 35.8 Å². The van der Waals surface area contributed by atoms with Crippen LogP contribution in [0, 0.1) is 12.7 Å². The molecule has 6 nitrogen and oxygen atoms in total. The number of aromatic nitrogens is 2. The lowest BCUT2D eigenvalue weighted by Gasteiger charge is -2.43. The number of aliphatic hydroxyl groups is 1. The number of hydrogen-bond acceptors (Lipinski definition) is 7. The Bertz CT molecular complexity index is 858. The second kappa shape index (κ2) is 7.40. The van der Waals surface area contributed by atoms with E-state index < -0.39 is 6.23 Å². The topological polar surface area (TPSA) is 64.5 Å². The van der Waals surface area contributed by atoms with E-state index in [1.54, 1.807) is 11.8 Å². The van der Waals surface area contributed by atoms with Gasteiger partial charge in [0.1, 0.15) is 17.7 Å². The lowest BCUT2D eigenvalue weighted by atomic mass is 9.92. The van der Waals surface area contributed by atoms with Crippen LogP contribution in [0.1, 0.15) is 25.5 Å². The van der Waals surface area contributed by atoms with Gasteiger partial charge in [-0.3, -0.25) is 0 Å². The van der Waals surface area contributed by atoms with Crippen molar-refractivity contribution in [2.24, 2.45) is 0 Å². The molecular weight excluding hydrogens is 377 g/mol. The van der Waals surface area contributed by atoms with Gasteiger partial charge < -0.3 is 20.2 Å². The molecule has 1 unspecified atom stereocenters. The lowest BCUT2D eigenvalue weighted by molar-refractivity contribution is 0.143. The summed E-state index contributed by atoms with van der Waals surface area (Å²) >= 11 is 1.79. The Hall–Kier alpha value is -2.06. The Kier molecular flexibility index (Phi) is 5.09. The maximum Gasteiger partial charge on any atom is 0.225 e. The molecule has 1 fully saturated rings. The van der Waals surface area contributed by atoms with Gasteiger partial charge in [-0.1, -0.05) is 0 Å². The number of hydrogen-bond donors (Lipinski definition) is 2. The number of thioether (sulfide) groups is 1. The highest BCUT2D eigenvalue weighted by atomic mass is 32.2. The molecule has 2 atom stereocenters. The van der Waals surface area contributed by atoms with Crippen LogP contribution in [0.5, 0.6) is 0 Å². The number of aryl methyl sites for hydroxylation is 1. The van der Waals surface area contributed by atoms with Crippen molar-refractivity contribution in [3.8, 4) is 0 Å². The SMILES string of the molecule is Cc1nc(N[C@H]2C[C@@H](Sc3ccc(F)cc3)C2)nc2c1N(C)C(O)[C@H](C)N2C. The first-order chi connectivity index (χ1) is 13.3. The van der Waals surface area contributed by atoms with E-state index in [-0.39, 0.29) is 11.9 Å². The molecule has 0 saturated heterocycles. The van der Waals surface area contributed by atoms with Crippen molar-refractivity contribution < 1.29 is 9.50 Å². The molecule has 28 heavy (non-hydrogen) atoms. The van der Waals surface area contributed by atoms with Crippen LogP contribution in [0.4, 0.5) is 21.8 Å². The molecule has 0 spiro atoms. The Balaban J connectivity index is 1.41. The number of nitrogens with one attached hydrogen (secondary N) is 1. The van der Waals surface area contributed by atoms with Gasteiger partial charge in [0, 0.05) is 30.3 Å². The fourth-order valence-electron chi connectivity index (χ4n) is 3.79. The number of rotatable bonds is 4. The highest BCUT2D eigenvalue weighted by Crippen LogP contribution is 2.40. The normalized spacial score (nSPS) is 26.6. The van der Waals surface area contributed by atoms with E-state index in [9.17, 15) is 9.50 Å². The zero-order chi connectivity index (χ0) is 20.0. The van der Waals surface area contributed by atoms with Crippen molar-refractivity contribution in [2.45, 2.75) is 55.1 Å². The van der Waals surface area contributed by atoms with Crippen molar-refractivity contribution in [3.63, 3.8) is 0 Å². The largest absolute Gasteiger partial charge is 0.371 e. The van der Waals surface area contributed by atoms with Crippen LogP contribution in [0.2, 0.25) is 0 Å². The van der Waals surface area contributed by atoms with Gasteiger partial charge in [0.25, 0.3) is 0 Å². The number of anilines is 3. The molecule has 0 radical (unpaired) electrons. The van der Waals surface area contributed by atoms with Gasteiger partial charge in [-0.25, -0.2) is 9.37 Å². The first kappa shape index (κ1) is 19.3. The van der Waals surface area contributed by atoms with E-state index in [1.165, 1.54) is 12.1 Å². The zero-order valence-corrected chi connectivity index (χ0v) is 17.4. The summed E-state index contributed by atoms with van der Waals surface area (Å²) in [5, 5.41) is 14.4. The molecule has 0 bridgehead atoms. The number of benzene rings is 1. The summed E-state index contributed by atoms with van der Waals surface area (Å²) in [5.74, 6) is 1.28. The summed E-state index contributed by atoms with van der Waals surface area (Å²) in [6, 6.07) is 6.96. The van der Waals surface area contributed by atoms with Gasteiger partial charge in [0.05, 0.1) is 11.7 Å². The van der Waals surface area contributed by atoms with Crippen molar-refractivity contribution in [1.82, 2.24) is 9.97 Å². The van der Waals surface area contributed by atoms with Crippen LogP contribution in [-0.2, 0) is 0 Å². The molecule has 0 amide bonds. The standard InChI is InChI=1S/C20H26FN5OS/c1-11-17-18(25(3)12(2)19(27)26(17)4)24-20(22-11)23-14-9-16(10-14)28-15-7-5-13(21)6-8-15/h5-8,12,14,16,19,27H,9-10H2,1-4H3,(H,22,23,24)/t12-,14-,16+,19?/m0/s1. The number of halogens is 1. The van der Waals surface area contributed by atoms with Crippen LogP contribution < -0.4 is 15.1 Å². The number of aliphatic hydroxyl groups excluding tert-OH is 1. The molecule has 2 aromatic rings. The van der Waals surface area contributed by atoms with E-state index >= 15 is 0 Å². The van der Waals surface area contributed by atoms with Crippen LogP contribution >= 0.6 is 11.8 Å². The number of nitrogens with zero attached hydrogens (tertiary/aromatic N) is 4. The van der Waals surface area contributed by atoms with Gasteiger partial charge in [-0.2, -0.15) is 4.98 Å². The first-order valence-electron chi connectivity index (χ1n) is 9.54. The van der Waals surface area contributed by atoms with Gasteiger partial charge in [0.15, 0.2) is 5.82 Å². The van der Waals surface area contributed by atoms with E-state index in [2.05, 4.69) is 10.3 Å². The number of fused-ring (bicyclic) bond motifs is 1. The van der Waals surface area contributed by atoms with Crippen LogP contribution in [0.25, 0.3) is 0 Å². The average molecular weight is 404 g/mol. The predicted molar refractivity (Wildman–Crippen MR) is 112 cm³/mol. The Labute approximate surface area is 169 Å². The highest BCUT2D eigenvalue weighted by molar-refractivity contribution is 8.00. The van der Waals surface area contributed by atoms with E-state index in [0.717, 1.165) is 34.9 Å². The molecule has 2 N–H and O–H groups in total. The second-order valence-corrected chi connectivity index (χ2v) is 9.06. The molecular formula is C20H26FN5OS.